The quantitative estimate of drug-likeness (QED) is 0.722. The molecule has 0 bridgehead atoms. The lowest BCUT2D eigenvalue weighted by atomic mass is 10.1. The molecule has 2 aromatic carbocycles. The molecular weight excluding hydrogens is 264 g/mol. The smallest absolute Gasteiger partial charge is 0.227 e. The van der Waals surface area contributed by atoms with E-state index < -0.39 is 0 Å². The number of nitrogens with zero attached hydrogens (tertiary/aromatic N) is 2. The molecule has 1 saturated heterocycles. The van der Waals surface area contributed by atoms with Crippen LogP contribution in [0, 0.1) is 0 Å². The number of para-hydroxylation sites is 3. The highest BCUT2D eigenvalue weighted by Gasteiger charge is 2.34. The van der Waals surface area contributed by atoms with Gasteiger partial charge in [0.25, 0.3) is 0 Å². The minimum atomic E-state index is 0.0186. The molecule has 21 heavy (non-hydrogen) atoms. The Balaban J connectivity index is 1.64. The highest BCUT2D eigenvalue weighted by molar-refractivity contribution is 5.96. The third kappa shape index (κ3) is 2.09. The van der Waals surface area contributed by atoms with Crippen LogP contribution in [0.25, 0.3) is 11.1 Å². The first-order valence-corrected chi connectivity index (χ1v) is 7.02. The van der Waals surface area contributed by atoms with Gasteiger partial charge in [0, 0.05) is 18.7 Å². The molecule has 4 rings (SSSR count). The number of hydrogen-bond donors (Lipinski definition) is 0. The van der Waals surface area contributed by atoms with Crippen LogP contribution in [0.3, 0.4) is 0 Å². The molecule has 1 atom stereocenters. The molecule has 0 aliphatic carbocycles. The summed E-state index contributed by atoms with van der Waals surface area (Å²) in [7, 11) is 0. The number of aromatic nitrogens is 1. The van der Waals surface area contributed by atoms with Crippen molar-refractivity contribution in [2.24, 2.45) is 0 Å². The topological polar surface area (TPSA) is 46.3 Å². The van der Waals surface area contributed by atoms with Gasteiger partial charge in [-0.05, 0) is 24.3 Å². The fourth-order valence-corrected chi connectivity index (χ4v) is 2.80. The largest absolute Gasteiger partial charge is 0.440 e. The summed E-state index contributed by atoms with van der Waals surface area (Å²) in [5.74, 6) is 0.793. The normalized spacial score (nSPS) is 18.6. The van der Waals surface area contributed by atoms with Crippen molar-refractivity contribution in [1.29, 1.82) is 0 Å². The molecule has 2 heterocycles. The fraction of sp³-hybridized carbons (Fsp3) is 0.176. The zero-order valence-corrected chi connectivity index (χ0v) is 11.4. The van der Waals surface area contributed by atoms with Crippen LogP contribution in [0.1, 0.15) is 18.2 Å². The van der Waals surface area contributed by atoms with Crippen molar-refractivity contribution >= 4 is 22.7 Å². The van der Waals surface area contributed by atoms with Crippen LogP contribution in [0.5, 0.6) is 0 Å². The summed E-state index contributed by atoms with van der Waals surface area (Å²) in [5.41, 5.74) is 2.55. The molecule has 0 spiro atoms. The van der Waals surface area contributed by atoms with Crippen molar-refractivity contribution < 1.29 is 9.21 Å². The zero-order valence-electron chi connectivity index (χ0n) is 11.4. The van der Waals surface area contributed by atoms with Crippen molar-refractivity contribution in [2.45, 2.75) is 12.3 Å². The molecule has 0 N–H and O–H groups in total. The van der Waals surface area contributed by atoms with Crippen molar-refractivity contribution in [3.63, 3.8) is 0 Å². The molecule has 1 fully saturated rings. The van der Waals surface area contributed by atoms with Gasteiger partial charge in [-0.3, -0.25) is 4.79 Å². The average Bonchev–Trinajstić information content (AvgIpc) is 3.11. The molecule has 0 saturated carbocycles. The number of benzene rings is 2. The Kier molecular flexibility index (Phi) is 2.74. The fourth-order valence-electron chi connectivity index (χ4n) is 2.80. The Labute approximate surface area is 122 Å². The maximum Gasteiger partial charge on any atom is 0.227 e. The van der Waals surface area contributed by atoms with Crippen molar-refractivity contribution in [3.8, 4) is 0 Å². The highest BCUT2D eigenvalue weighted by atomic mass is 16.3. The molecule has 0 radical (unpaired) electrons. The molecular formula is C17H14N2O2. The second-order valence-electron chi connectivity index (χ2n) is 5.26. The number of fused-ring (bicyclic) bond motifs is 1. The van der Waals surface area contributed by atoms with E-state index in [1.54, 1.807) is 4.90 Å². The third-order valence-electron chi connectivity index (χ3n) is 3.85. The monoisotopic (exact) mass is 278 g/mol. The van der Waals surface area contributed by atoms with Crippen LogP contribution < -0.4 is 4.90 Å². The van der Waals surface area contributed by atoms with E-state index in [0.29, 0.717) is 18.9 Å². The number of amides is 1. The van der Waals surface area contributed by atoms with Gasteiger partial charge in [-0.25, -0.2) is 4.98 Å². The number of hydrogen-bond acceptors (Lipinski definition) is 3. The molecule has 1 amide bonds. The van der Waals surface area contributed by atoms with Crippen molar-refractivity contribution in [1.82, 2.24) is 4.98 Å². The van der Waals surface area contributed by atoms with Gasteiger partial charge in [0.15, 0.2) is 5.58 Å². The van der Waals surface area contributed by atoms with Gasteiger partial charge in [-0.1, -0.05) is 30.3 Å². The minimum absolute atomic E-state index is 0.0186. The molecule has 4 nitrogen and oxygen atoms in total. The maximum atomic E-state index is 12.2. The van der Waals surface area contributed by atoms with Crippen LogP contribution in [0.15, 0.2) is 59.0 Å². The molecule has 1 unspecified atom stereocenters. The Bertz CT molecular complexity index is 762. The first-order valence-electron chi connectivity index (χ1n) is 7.02. The number of rotatable bonds is 2. The Morgan fingerprint density at radius 3 is 2.62 bits per heavy atom. The molecule has 3 aromatic rings. The van der Waals surface area contributed by atoms with E-state index in [9.17, 15) is 4.79 Å². The summed E-state index contributed by atoms with van der Waals surface area (Å²) >= 11 is 0. The minimum Gasteiger partial charge on any atom is -0.440 e. The SMILES string of the molecule is O=C1CC(c2nc3ccccc3o2)CN1c1ccccc1. The van der Waals surface area contributed by atoms with Crippen LogP contribution in [0.2, 0.25) is 0 Å². The molecule has 1 aromatic heterocycles. The number of oxazole rings is 1. The van der Waals surface area contributed by atoms with Crippen LogP contribution in [-0.2, 0) is 4.79 Å². The maximum absolute atomic E-state index is 12.2. The van der Waals surface area contributed by atoms with Gasteiger partial charge in [-0.15, -0.1) is 0 Å². The Morgan fingerprint density at radius 2 is 1.81 bits per heavy atom. The van der Waals surface area contributed by atoms with Gasteiger partial charge in [0.2, 0.25) is 11.8 Å². The van der Waals surface area contributed by atoms with Crippen LogP contribution in [0.4, 0.5) is 5.69 Å². The first kappa shape index (κ1) is 12.1. The second-order valence-corrected chi connectivity index (χ2v) is 5.26. The lowest BCUT2D eigenvalue weighted by Gasteiger charge is -2.15. The summed E-state index contributed by atoms with van der Waals surface area (Å²) in [6, 6.07) is 17.4. The first-order chi connectivity index (χ1) is 10.3. The Hall–Kier alpha value is -2.62. The molecule has 1 aliphatic rings. The predicted octanol–water partition coefficient (Wildman–Crippen LogP) is 3.35. The van der Waals surface area contributed by atoms with E-state index in [2.05, 4.69) is 4.98 Å². The van der Waals surface area contributed by atoms with Gasteiger partial charge < -0.3 is 9.32 Å². The summed E-state index contributed by atoms with van der Waals surface area (Å²) in [4.78, 5) is 18.5. The number of carbonyl (C=O) groups is 1. The summed E-state index contributed by atoms with van der Waals surface area (Å²) < 4.78 is 5.79. The standard InChI is InChI=1S/C17H14N2O2/c20-16-10-12(11-19(16)13-6-2-1-3-7-13)17-18-14-8-4-5-9-15(14)21-17/h1-9,12H,10-11H2. The van der Waals surface area contributed by atoms with E-state index in [4.69, 9.17) is 4.42 Å². The van der Waals surface area contributed by atoms with Gasteiger partial charge in [0.05, 0.1) is 5.92 Å². The second kappa shape index (κ2) is 4.74. The summed E-state index contributed by atoms with van der Waals surface area (Å²) in [6.07, 6.45) is 0.446. The van der Waals surface area contributed by atoms with Crippen molar-refractivity contribution in [2.75, 3.05) is 11.4 Å². The average molecular weight is 278 g/mol. The lowest BCUT2D eigenvalue weighted by molar-refractivity contribution is -0.117. The van der Waals surface area contributed by atoms with E-state index in [1.807, 2.05) is 54.6 Å². The van der Waals surface area contributed by atoms with E-state index in [1.165, 1.54) is 0 Å². The van der Waals surface area contributed by atoms with Gasteiger partial charge >= 0.3 is 0 Å². The third-order valence-corrected chi connectivity index (χ3v) is 3.85. The Morgan fingerprint density at radius 1 is 1.05 bits per heavy atom. The van der Waals surface area contributed by atoms with E-state index in [0.717, 1.165) is 16.8 Å². The van der Waals surface area contributed by atoms with Crippen LogP contribution >= 0.6 is 0 Å². The molecule has 1 aliphatic heterocycles. The zero-order chi connectivity index (χ0) is 14.2. The predicted molar refractivity (Wildman–Crippen MR) is 80.2 cm³/mol. The van der Waals surface area contributed by atoms with Gasteiger partial charge in [0.1, 0.15) is 5.52 Å². The molecule has 104 valence electrons. The summed E-state index contributed by atoms with van der Waals surface area (Å²) in [5, 5.41) is 0. The van der Waals surface area contributed by atoms with E-state index in [-0.39, 0.29) is 11.8 Å². The lowest BCUT2D eigenvalue weighted by Crippen LogP contribution is -2.24. The van der Waals surface area contributed by atoms with Gasteiger partial charge in [-0.2, -0.15) is 0 Å². The van der Waals surface area contributed by atoms with Crippen molar-refractivity contribution in [3.05, 3.63) is 60.5 Å². The van der Waals surface area contributed by atoms with Crippen LogP contribution in [-0.4, -0.2) is 17.4 Å². The number of carbonyl (C=O) groups excluding carboxylic acids is 1. The summed E-state index contributed by atoms with van der Waals surface area (Å²) in [6.45, 7) is 0.621. The van der Waals surface area contributed by atoms with E-state index >= 15 is 0 Å². The number of anilines is 1. The highest BCUT2D eigenvalue weighted by Crippen LogP contribution is 2.32. The molecule has 4 heteroatoms.